The van der Waals surface area contributed by atoms with Gasteiger partial charge in [0.1, 0.15) is 6.54 Å². The second-order valence-electron chi connectivity index (χ2n) is 4.95. The molecule has 0 heterocycles. The molecule has 1 amide bonds. The number of amides is 1. The molecule has 0 aromatic carbocycles. The van der Waals surface area contributed by atoms with Gasteiger partial charge in [-0.25, -0.2) is 0 Å². The topological polar surface area (TPSA) is 57.6 Å². The van der Waals surface area contributed by atoms with E-state index in [1.165, 1.54) is 4.90 Å². The number of hydrogen-bond donors (Lipinski definition) is 1. The zero-order valence-corrected chi connectivity index (χ0v) is 9.69. The lowest BCUT2D eigenvalue weighted by Crippen LogP contribution is -2.40. The van der Waals surface area contributed by atoms with E-state index < -0.39 is 5.97 Å². The number of carbonyl (C=O) groups is 2. The van der Waals surface area contributed by atoms with Crippen LogP contribution in [0.3, 0.4) is 0 Å². The average molecular weight is 225 g/mol. The van der Waals surface area contributed by atoms with Gasteiger partial charge in [-0.1, -0.05) is 0 Å². The van der Waals surface area contributed by atoms with Gasteiger partial charge in [0.25, 0.3) is 0 Å². The third kappa shape index (κ3) is 2.54. The van der Waals surface area contributed by atoms with Crippen LogP contribution < -0.4 is 0 Å². The molecule has 0 aromatic heterocycles. The molecule has 0 aromatic rings. The highest BCUT2D eigenvalue weighted by Crippen LogP contribution is 2.49. The molecule has 0 saturated heterocycles. The molecule has 4 heteroatoms. The molecule has 0 unspecified atom stereocenters. The molecular formula is C12H19NO3. The Morgan fingerprint density at radius 3 is 2.06 bits per heavy atom. The molecule has 0 aliphatic heterocycles. The highest BCUT2D eigenvalue weighted by molar-refractivity contribution is 5.84. The van der Waals surface area contributed by atoms with Crippen LogP contribution in [0.15, 0.2) is 0 Å². The van der Waals surface area contributed by atoms with E-state index in [-0.39, 0.29) is 18.4 Å². The molecule has 0 atom stereocenters. The lowest BCUT2D eigenvalue weighted by atomic mass is 9.96. The Kier molecular flexibility index (Phi) is 3.17. The number of rotatable bonds is 6. The van der Waals surface area contributed by atoms with Gasteiger partial charge in [-0.15, -0.1) is 0 Å². The van der Waals surface area contributed by atoms with Crippen molar-refractivity contribution in [3.8, 4) is 0 Å². The van der Waals surface area contributed by atoms with Crippen LogP contribution in [0, 0.1) is 17.8 Å². The predicted molar refractivity (Wildman–Crippen MR) is 58.8 cm³/mol. The van der Waals surface area contributed by atoms with E-state index in [0.717, 1.165) is 25.7 Å². The third-order valence-corrected chi connectivity index (χ3v) is 3.56. The van der Waals surface area contributed by atoms with Crippen LogP contribution in [0.25, 0.3) is 0 Å². The molecule has 2 aliphatic carbocycles. The highest BCUT2D eigenvalue weighted by Gasteiger charge is 2.46. The van der Waals surface area contributed by atoms with Gasteiger partial charge in [-0.3, -0.25) is 9.59 Å². The fraction of sp³-hybridized carbons (Fsp3) is 0.833. The molecule has 2 rings (SSSR count). The minimum atomic E-state index is -0.916. The first-order valence-electron chi connectivity index (χ1n) is 6.14. The van der Waals surface area contributed by atoms with Crippen LogP contribution in [0.2, 0.25) is 0 Å². The maximum absolute atomic E-state index is 12.2. The lowest BCUT2D eigenvalue weighted by Gasteiger charge is -2.24. The molecular weight excluding hydrogens is 206 g/mol. The van der Waals surface area contributed by atoms with Gasteiger partial charge in [-0.05, 0) is 44.4 Å². The molecule has 0 bridgehead atoms. The Bertz CT molecular complexity index is 283. The first-order chi connectivity index (χ1) is 7.63. The van der Waals surface area contributed by atoms with Gasteiger partial charge >= 0.3 is 5.97 Å². The average Bonchev–Trinajstić information content (AvgIpc) is 3.06. The molecule has 0 spiro atoms. The lowest BCUT2D eigenvalue weighted by molar-refractivity contribution is -0.146. The van der Waals surface area contributed by atoms with E-state index in [1.54, 1.807) is 0 Å². The van der Waals surface area contributed by atoms with Crippen LogP contribution in [0.4, 0.5) is 0 Å². The summed E-state index contributed by atoms with van der Waals surface area (Å²) in [5, 5.41) is 8.76. The summed E-state index contributed by atoms with van der Waals surface area (Å²) in [6.07, 6.45) is 4.60. The SMILES string of the molecule is CCN(CC(=O)O)C(=O)C(C1CC1)C1CC1. The second kappa shape index (κ2) is 4.44. The summed E-state index contributed by atoms with van der Waals surface area (Å²) in [6.45, 7) is 2.20. The smallest absolute Gasteiger partial charge is 0.323 e. The van der Waals surface area contributed by atoms with E-state index >= 15 is 0 Å². The van der Waals surface area contributed by atoms with Gasteiger partial charge in [0.2, 0.25) is 5.91 Å². The Balaban J connectivity index is 1.98. The van der Waals surface area contributed by atoms with Crippen LogP contribution in [-0.2, 0) is 9.59 Å². The van der Waals surface area contributed by atoms with Gasteiger partial charge in [0.05, 0.1) is 0 Å². The first-order valence-corrected chi connectivity index (χ1v) is 6.14. The third-order valence-electron chi connectivity index (χ3n) is 3.56. The maximum Gasteiger partial charge on any atom is 0.323 e. The van der Waals surface area contributed by atoms with Crippen molar-refractivity contribution in [1.82, 2.24) is 4.90 Å². The molecule has 2 saturated carbocycles. The summed E-state index contributed by atoms with van der Waals surface area (Å²) >= 11 is 0. The van der Waals surface area contributed by atoms with Crippen molar-refractivity contribution in [2.24, 2.45) is 17.8 Å². The molecule has 0 radical (unpaired) electrons. The number of nitrogens with zero attached hydrogens (tertiary/aromatic N) is 1. The maximum atomic E-state index is 12.2. The van der Waals surface area contributed by atoms with Gasteiger partial charge in [0, 0.05) is 12.5 Å². The summed E-state index contributed by atoms with van der Waals surface area (Å²) in [4.78, 5) is 24.4. The van der Waals surface area contributed by atoms with Gasteiger partial charge in [-0.2, -0.15) is 0 Å². The molecule has 2 fully saturated rings. The van der Waals surface area contributed by atoms with E-state index in [0.29, 0.717) is 18.4 Å². The van der Waals surface area contributed by atoms with Crippen molar-refractivity contribution in [1.29, 1.82) is 0 Å². The van der Waals surface area contributed by atoms with E-state index in [1.807, 2.05) is 6.92 Å². The summed E-state index contributed by atoms with van der Waals surface area (Å²) in [6, 6.07) is 0. The highest BCUT2D eigenvalue weighted by atomic mass is 16.4. The number of carboxylic acids is 1. The van der Waals surface area contributed by atoms with E-state index in [9.17, 15) is 9.59 Å². The molecule has 16 heavy (non-hydrogen) atoms. The van der Waals surface area contributed by atoms with E-state index in [4.69, 9.17) is 5.11 Å². The number of hydrogen-bond acceptors (Lipinski definition) is 2. The monoisotopic (exact) mass is 225 g/mol. The second-order valence-corrected chi connectivity index (χ2v) is 4.95. The van der Waals surface area contributed by atoms with Crippen LogP contribution in [-0.4, -0.2) is 35.0 Å². The summed E-state index contributed by atoms with van der Waals surface area (Å²) < 4.78 is 0. The fourth-order valence-electron chi connectivity index (χ4n) is 2.42. The van der Waals surface area contributed by atoms with Gasteiger partial charge in [0.15, 0.2) is 0 Å². The number of carbonyl (C=O) groups excluding carboxylic acids is 1. The molecule has 2 aliphatic rings. The van der Waals surface area contributed by atoms with Crippen LogP contribution in [0.5, 0.6) is 0 Å². The standard InChI is InChI=1S/C12H19NO3/c1-2-13(7-10(14)15)12(16)11(8-3-4-8)9-5-6-9/h8-9,11H,2-7H2,1H3,(H,14,15). The number of aliphatic carboxylic acids is 1. The quantitative estimate of drug-likeness (QED) is 0.742. The summed E-state index contributed by atoms with van der Waals surface area (Å²) in [7, 11) is 0. The van der Waals surface area contributed by atoms with Crippen molar-refractivity contribution in [2.45, 2.75) is 32.6 Å². The summed E-state index contributed by atoms with van der Waals surface area (Å²) in [5.74, 6) is 0.375. The molecule has 90 valence electrons. The predicted octanol–water partition coefficient (Wildman–Crippen LogP) is 1.36. The van der Waals surface area contributed by atoms with Crippen molar-refractivity contribution >= 4 is 11.9 Å². The van der Waals surface area contributed by atoms with Crippen molar-refractivity contribution in [2.75, 3.05) is 13.1 Å². The first kappa shape index (κ1) is 11.4. The molecule has 1 N–H and O–H groups in total. The van der Waals surface area contributed by atoms with E-state index in [2.05, 4.69) is 0 Å². The summed E-state index contributed by atoms with van der Waals surface area (Å²) in [5.41, 5.74) is 0. The van der Waals surface area contributed by atoms with Crippen molar-refractivity contribution in [3.63, 3.8) is 0 Å². The largest absolute Gasteiger partial charge is 0.480 e. The van der Waals surface area contributed by atoms with Crippen LogP contribution in [0.1, 0.15) is 32.6 Å². The van der Waals surface area contributed by atoms with Gasteiger partial charge < -0.3 is 10.0 Å². The van der Waals surface area contributed by atoms with Crippen molar-refractivity contribution in [3.05, 3.63) is 0 Å². The fourth-order valence-corrected chi connectivity index (χ4v) is 2.42. The Morgan fingerprint density at radius 2 is 1.75 bits per heavy atom. The molecule has 4 nitrogen and oxygen atoms in total. The Hall–Kier alpha value is -1.06. The normalized spacial score (nSPS) is 19.9. The number of carboxylic acid groups (broad SMARTS) is 1. The van der Waals surface area contributed by atoms with Crippen LogP contribution >= 0.6 is 0 Å². The zero-order chi connectivity index (χ0) is 11.7. The minimum absolute atomic E-state index is 0.0786. The minimum Gasteiger partial charge on any atom is -0.480 e. The van der Waals surface area contributed by atoms with Crippen molar-refractivity contribution < 1.29 is 14.7 Å². The Morgan fingerprint density at radius 1 is 1.25 bits per heavy atom. The zero-order valence-electron chi connectivity index (χ0n) is 9.69. The number of likely N-dealkylation sites (N-methyl/N-ethyl adjacent to an activating group) is 1. The Labute approximate surface area is 95.6 Å².